The van der Waals surface area contributed by atoms with Crippen LogP contribution >= 0.6 is 0 Å². The van der Waals surface area contributed by atoms with Crippen LogP contribution < -0.4 is 11.1 Å². The number of carbonyl (C=O) groups excluding carboxylic acids is 1. The second kappa shape index (κ2) is 5.94. The Bertz CT molecular complexity index is 521. The monoisotopic (exact) mass is 280 g/mol. The van der Waals surface area contributed by atoms with E-state index in [9.17, 15) is 9.18 Å². The number of ether oxygens (including phenoxy) is 1. The SMILES string of the molecule is C=Cc1cc(C(C)NC(=O)OC(C)(C)C)cc(F)c1N. The number of nitrogens with one attached hydrogen (secondary N) is 1. The zero-order chi connectivity index (χ0) is 15.5. The average molecular weight is 280 g/mol. The van der Waals surface area contributed by atoms with E-state index >= 15 is 0 Å². The largest absolute Gasteiger partial charge is 0.444 e. The third kappa shape index (κ3) is 4.26. The lowest BCUT2D eigenvalue weighted by Gasteiger charge is -2.22. The van der Waals surface area contributed by atoms with Crippen LogP contribution in [0.5, 0.6) is 0 Å². The summed E-state index contributed by atoms with van der Waals surface area (Å²) in [6, 6.07) is 2.58. The predicted molar refractivity (Wildman–Crippen MR) is 78.7 cm³/mol. The van der Waals surface area contributed by atoms with Crippen molar-refractivity contribution in [3.05, 3.63) is 35.7 Å². The number of rotatable bonds is 3. The molecule has 1 unspecified atom stereocenters. The molecule has 0 heterocycles. The number of carbonyl (C=O) groups is 1. The first kappa shape index (κ1) is 16.0. The Morgan fingerprint density at radius 2 is 2.10 bits per heavy atom. The average Bonchev–Trinajstić information content (AvgIpc) is 2.29. The summed E-state index contributed by atoms with van der Waals surface area (Å²) in [6.45, 7) is 10.6. The number of halogens is 1. The summed E-state index contributed by atoms with van der Waals surface area (Å²) in [7, 11) is 0. The highest BCUT2D eigenvalue weighted by atomic mass is 19.1. The molecule has 5 heteroatoms. The van der Waals surface area contributed by atoms with Gasteiger partial charge in [-0.3, -0.25) is 0 Å². The van der Waals surface area contributed by atoms with E-state index in [1.165, 1.54) is 12.1 Å². The Kier molecular flexibility index (Phi) is 4.76. The molecule has 0 spiro atoms. The Morgan fingerprint density at radius 3 is 2.60 bits per heavy atom. The Morgan fingerprint density at radius 1 is 1.50 bits per heavy atom. The molecule has 0 saturated heterocycles. The van der Waals surface area contributed by atoms with E-state index in [0.717, 1.165) is 0 Å². The van der Waals surface area contributed by atoms with E-state index in [1.807, 2.05) is 0 Å². The van der Waals surface area contributed by atoms with Crippen LogP contribution in [0, 0.1) is 5.82 Å². The fraction of sp³-hybridized carbons (Fsp3) is 0.400. The maximum Gasteiger partial charge on any atom is 0.408 e. The minimum absolute atomic E-state index is 0.0493. The Labute approximate surface area is 118 Å². The van der Waals surface area contributed by atoms with E-state index in [2.05, 4.69) is 11.9 Å². The molecule has 3 N–H and O–H groups in total. The van der Waals surface area contributed by atoms with Crippen molar-refractivity contribution in [1.29, 1.82) is 0 Å². The van der Waals surface area contributed by atoms with Crippen molar-refractivity contribution in [3.8, 4) is 0 Å². The van der Waals surface area contributed by atoms with Gasteiger partial charge in [0.2, 0.25) is 0 Å². The number of hydrogen-bond acceptors (Lipinski definition) is 3. The Hall–Kier alpha value is -2.04. The van der Waals surface area contributed by atoms with Gasteiger partial charge < -0.3 is 15.8 Å². The Balaban J connectivity index is 2.88. The van der Waals surface area contributed by atoms with Gasteiger partial charge in [0.1, 0.15) is 11.4 Å². The molecular formula is C15H21FN2O2. The maximum absolute atomic E-state index is 13.7. The van der Waals surface area contributed by atoms with E-state index in [-0.39, 0.29) is 5.69 Å². The topological polar surface area (TPSA) is 64.3 Å². The normalized spacial score (nSPS) is 12.7. The zero-order valence-corrected chi connectivity index (χ0v) is 12.3. The second-order valence-electron chi connectivity index (χ2n) is 5.58. The van der Waals surface area contributed by atoms with Crippen molar-refractivity contribution in [2.24, 2.45) is 0 Å². The van der Waals surface area contributed by atoms with Crippen molar-refractivity contribution >= 4 is 17.9 Å². The van der Waals surface area contributed by atoms with Gasteiger partial charge in [-0.2, -0.15) is 0 Å². The predicted octanol–water partition coefficient (Wildman–Crippen LogP) is 3.64. The third-order valence-electron chi connectivity index (χ3n) is 2.64. The first-order chi connectivity index (χ1) is 9.14. The van der Waals surface area contributed by atoms with Crippen molar-refractivity contribution in [3.63, 3.8) is 0 Å². The highest BCUT2D eigenvalue weighted by Gasteiger charge is 2.19. The lowest BCUT2D eigenvalue weighted by Crippen LogP contribution is -2.34. The number of alkyl carbamates (subject to hydrolysis) is 1. The summed E-state index contributed by atoms with van der Waals surface area (Å²) in [6.07, 6.45) is 0.921. The quantitative estimate of drug-likeness (QED) is 0.831. The molecule has 1 rings (SSSR count). The minimum Gasteiger partial charge on any atom is -0.444 e. The van der Waals surface area contributed by atoms with Crippen molar-refractivity contribution < 1.29 is 13.9 Å². The molecule has 1 amide bonds. The van der Waals surface area contributed by atoms with Gasteiger partial charge in [-0.25, -0.2) is 9.18 Å². The first-order valence-corrected chi connectivity index (χ1v) is 6.35. The lowest BCUT2D eigenvalue weighted by atomic mass is 10.0. The molecule has 110 valence electrons. The number of benzene rings is 1. The van der Waals surface area contributed by atoms with Crippen LogP contribution in [0.2, 0.25) is 0 Å². The number of hydrogen-bond donors (Lipinski definition) is 2. The van der Waals surface area contributed by atoms with Crippen LogP contribution in [-0.2, 0) is 4.74 Å². The van der Waals surface area contributed by atoms with Gasteiger partial charge in [-0.1, -0.05) is 12.7 Å². The van der Waals surface area contributed by atoms with Crippen LogP contribution in [0.4, 0.5) is 14.9 Å². The van der Waals surface area contributed by atoms with Crippen molar-refractivity contribution in [1.82, 2.24) is 5.32 Å². The van der Waals surface area contributed by atoms with Gasteiger partial charge in [-0.05, 0) is 45.4 Å². The maximum atomic E-state index is 13.7. The lowest BCUT2D eigenvalue weighted by molar-refractivity contribution is 0.0508. The highest BCUT2D eigenvalue weighted by molar-refractivity contribution is 5.69. The molecule has 1 aromatic carbocycles. The van der Waals surface area contributed by atoms with Crippen LogP contribution in [0.15, 0.2) is 18.7 Å². The molecule has 0 aliphatic rings. The standard InChI is InChI=1S/C15H21FN2O2/c1-6-10-7-11(8-12(16)13(10)17)9(2)18-14(19)20-15(3,4)5/h6-9H,1,17H2,2-5H3,(H,18,19). The van der Waals surface area contributed by atoms with Crippen LogP contribution in [0.1, 0.15) is 44.9 Å². The number of nitrogen functional groups attached to an aromatic ring is 1. The van der Waals surface area contributed by atoms with E-state index < -0.39 is 23.6 Å². The van der Waals surface area contributed by atoms with E-state index in [4.69, 9.17) is 10.5 Å². The van der Waals surface area contributed by atoms with Crippen molar-refractivity contribution in [2.45, 2.75) is 39.3 Å². The summed E-state index contributed by atoms with van der Waals surface area (Å²) < 4.78 is 18.8. The molecule has 0 saturated carbocycles. The molecule has 4 nitrogen and oxygen atoms in total. The molecule has 0 radical (unpaired) electrons. The van der Waals surface area contributed by atoms with Gasteiger partial charge in [0.15, 0.2) is 0 Å². The number of amides is 1. The summed E-state index contributed by atoms with van der Waals surface area (Å²) >= 11 is 0. The smallest absolute Gasteiger partial charge is 0.408 e. The number of nitrogens with two attached hydrogens (primary N) is 1. The number of anilines is 1. The molecule has 0 aliphatic carbocycles. The minimum atomic E-state index is -0.581. The van der Waals surface area contributed by atoms with Crippen molar-refractivity contribution in [2.75, 3.05) is 5.73 Å². The third-order valence-corrected chi connectivity index (χ3v) is 2.64. The molecule has 0 bridgehead atoms. The highest BCUT2D eigenvalue weighted by Crippen LogP contribution is 2.24. The van der Waals surface area contributed by atoms with Crippen LogP contribution in [-0.4, -0.2) is 11.7 Å². The van der Waals surface area contributed by atoms with E-state index in [1.54, 1.807) is 33.8 Å². The molecule has 0 aromatic heterocycles. The second-order valence-corrected chi connectivity index (χ2v) is 5.58. The van der Waals surface area contributed by atoms with Gasteiger partial charge >= 0.3 is 6.09 Å². The molecule has 1 atom stereocenters. The fourth-order valence-electron chi connectivity index (χ4n) is 1.65. The van der Waals surface area contributed by atoms with Crippen LogP contribution in [0.25, 0.3) is 6.08 Å². The first-order valence-electron chi connectivity index (χ1n) is 6.35. The van der Waals surface area contributed by atoms with Gasteiger partial charge in [0, 0.05) is 5.56 Å². The van der Waals surface area contributed by atoms with Gasteiger partial charge in [0.05, 0.1) is 11.7 Å². The molecule has 1 aromatic rings. The molecule has 0 aliphatic heterocycles. The van der Waals surface area contributed by atoms with E-state index in [0.29, 0.717) is 11.1 Å². The molecular weight excluding hydrogens is 259 g/mol. The summed E-state index contributed by atoms with van der Waals surface area (Å²) in [5.74, 6) is -0.532. The van der Waals surface area contributed by atoms with Gasteiger partial charge in [-0.15, -0.1) is 0 Å². The zero-order valence-electron chi connectivity index (χ0n) is 12.3. The molecule has 20 heavy (non-hydrogen) atoms. The summed E-state index contributed by atoms with van der Waals surface area (Å²) in [5.41, 5.74) is 6.15. The summed E-state index contributed by atoms with van der Waals surface area (Å²) in [4.78, 5) is 11.7. The van der Waals surface area contributed by atoms with Gasteiger partial charge in [0.25, 0.3) is 0 Å². The van der Waals surface area contributed by atoms with Crippen LogP contribution in [0.3, 0.4) is 0 Å². The fourth-order valence-corrected chi connectivity index (χ4v) is 1.65. The summed E-state index contributed by atoms with van der Waals surface area (Å²) in [5, 5.41) is 2.65. The molecule has 0 fully saturated rings.